The van der Waals surface area contributed by atoms with E-state index in [1.807, 2.05) is 0 Å². The van der Waals surface area contributed by atoms with Crippen LogP contribution in [0.25, 0.3) is 0 Å². The number of likely N-dealkylation sites (tertiary alicyclic amines) is 1. The standard InChI is InChI=1S/C14H21NO/c1-15-8-6-14(7-9-15)10-13(16)11-4-2-3-5-12(11)14/h2,4,13,16H,3,5-10H2,1H3. The van der Waals surface area contributed by atoms with Crippen LogP contribution in [0.15, 0.2) is 23.3 Å². The maximum Gasteiger partial charge on any atom is 0.0798 e. The first-order valence-electron chi connectivity index (χ1n) is 6.48. The molecule has 2 heteroatoms. The van der Waals surface area contributed by atoms with Crippen molar-refractivity contribution in [1.29, 1.82) is 0 Å². The van der Waals surface area contributed by atoms with Crippen LogP contribution in [0.4, 0.5) is 0 Å². The summed E-state index contributed by atoms with van der Waals surface area (Å²) in [5.41, 5.74) is 3.21. The van der Waals surface area contributed by atoms with Gasteiger partial charge in [-0.05, 0) is 63.2 Å². The van der Waals surface area contributed by atoms with Crippen LogP contribution in [0.3, 0.4) is 0 Å². The maximum atomic E-state index is 10.2. The molecule has 16 heavy (non-hydrogen) atoms. The van der Waals surface area contributed by atoms with E-state index in [1.165, 1.54) is 44.3 Å². The first-order chi connectivity index (χ1) is 7.71. The average molecular weight is 219 g/mol. The van der Waals surface area contributed by atoms with E-state index < -0.39 is 0 Å². The van der Waals surface area contributed by atoms with Crippen molar-refractivity contribution in [1.82, 2.24) is 4.90 Å². The summed E-state index contributed by atoms with van der Waals surface area (Å²) < 4.78 is 0. The van der Waals surface area contributed by atoms with Gasteiger partial charge >= 0.3 is 0 Å². The molecule has 0 saturated carbocycles. The molecule has 1 spiro atoms. The van der Waals surface area contributed by atoms with Gasteiger partial charge in [0.1, 0.15) is 0 Å². The predicted molar refractivity (Wildman–Crippen MR) is 65.2 cm³/mol. The van der Waals surface area contributed by atoms with Crippen molar-refractivity contribution < 1.29 is 5.11 Å². The quantitative estimate of drug-likeness (QED) is 0.674. The molecule has 2 aliphatic carbocycles. The fourth-order valence-corrected chi connectivity index (χ4v) is 3.72. The predicted octanol–water partition coefficient (Wildman–Crippen LogP) is 2.11. The Bertz CT molecular complexity index is 348. The minimum Gasteiger partial charge on any atom is -0.388 e. The van der Waals surface area contributed by atoms with Gasteiger partial charge in [-0.15, -0.1) is 0 Å². The van der Waals surface area contributed by atoms with Gasteiger partial charge in [0.15, 0.2) is 0 Å². The molecule has 0 amide bonds. The number of aliphatic hydroxyl groups excluding tert-OH is 1. The van der Waals surface area contributed by atoms with Gasteiger partial charge < -0.3 is 10.0 Å². The molecule has 0 bridgehead atoms. The van der Waals surface area contributed by atoms with Crippen LogP contribution in [0.5, 0.6) is 0 Å². The van der Waals surface area contributed by atoms with E-state index in [9.17, 15) is 5.11 Å². The second kappa shape index (κ2) is 3.71. The maximum absolute atomic E-state index is 10.2. The first-order valence-corrected chi connectivity index (χ1v) is 6.48. The molecule has 1 saturated heterocycles. The van der Waals surface area contributed by atoms with E-state index in [4.69, 9.17) is 0 Å². The highest BCUT2D eigenvalue weighted by Gasteiger charge is 2.45. The zero-order valence-corrected chi connectivity index (χ0v) is 10.1. The van der Waals surface area contributed by atoms with Gasteiger partial charge in [0.2, 0.25) is 0 Å². The second-order valence-corrected chi connectivity index (χ2v) is 5.68. The molecule has 0 radical (unpaired) electrons. The van der Waals surface area contributed by atoms with E-state index in [2.05, 4.69) is 24.1 Å². The Kier molecular flexibility index (Phi) is 2.45. The monoisotopic (exact) mass is 219 g/mol. The van der Waals surface area contributed by atoms with Gasteiger partial charge in [0.25, 0.3) is 0 Å². The smallest absolute Gasteiger partial charge is 0.0798 e. The van der Waals surface area contributed by atoms with Crippen LogP contribution in [0, 0.1) is 5.41 Å². The molecule has 2 nitrogen and oxygen atoms in total. The molecular formula is C14H21NO. The summed E-state index contributed by atoms with van der Waals surface area (Å²) in [5, 5.41) is 10.2. The molecule has 88 valence electrons. The Morgan fingerprint density at radius 2 is 2.12 bits per heavy atom. The van der Waals surface area contributed by atoms with Crippen LogP contribution in [-0.2, 0) is 0 Å². The lowest BCUT2D eigenvalue weighted by molar-refractivity contribution is 0.110. The summed E-state index contributed by atoms with van der Waals surface area (Å²) in [6.45, 7) is 2.38. The third-order valence-electron chi connectivity index (χ3n) is 4.73. The number of rotatable bonds is 0. The molecule has 0 aromatic heterocycles. The molecule has 0 aromatic carbocycles. The third kappa shape index (κ3) is 1.47. The minimum atomic E-state index is -0.185. The van der Waals surface area contributed by atoms with E-state index in [1.54, 1.807) is 5.57 Å². The van der Waals surface area contributed by atoms with E-state index in [0.29, 0.717) is 5.41 Å². The minimum absolute atomic E-state index is 0.185. The number of hydrogen-bond acceptors (Lipinski definition) is 2. The van der Waals surface area contributed by atoms with Crippen molar-refractivity contribution in [2.75, 3.05) is 20.1 Å². The highest BCUT2D eigenvalue weighted by molar-refractivity contribution is 5.42. The van der Waals surface area contributed by atoms with Gasteiger partial charge in [-0.25, -0.2) is 0 Å². The third-order valence-corrected chi connectivity index (χ3v) is 4.73. The van der Waals surface area contributed by atoms with E-state index in [0.717, 1.165) is 6.42 Å². The van der Waals surface area contributed by atoms with Crippen molar-refractivity contribution in [2.45, 2.75) is 38.2 Å². The van der Waals surface area contributed by atoms with Gasteiger partial charge in [0, 0.05) is 0 Å². The summed E-state index contributed by atoms with van der Waals surface area (Å²) in [6, 6.07) is 0. The van der Waals surface area contributed by atoms with Crippen LogP contribution < -0.4 is 0 Å². The zero-order valence-electron chi connectivity index (χ0n) is 10.1. The van der Waals surface area contributed by atoms with Crippen LogP contribution in [0.1, 0.15) is 32.1 Å². The van der Waals surface area contributed by atoms with Gasteiger partial charge in [-0.1, -0.05) is 17.7 Å². The second-order valence-electron chi connectivity index (χ2n) is 5.68. The molecule has 3 aliphatic rings. The summed E-state index contributed by atoms with van der Waals surface area (Å²) in [6.07, 6.45) is 10.0. The van der Waals surface area contributed by atoms with Crippen molar-refractivity contribution in [3.63, 3.8) is 0 Å². The van der Waals surface area contributed by atoms with Crippen molar-refractivity contribution >= 4 is 0 Å². The van der Waals surface area contributed by atoms with E-state index in [-0.39, 0.29) is 6.10 Å². The number of fused-ring (bicyclic) bond motifs is 1. The SMILES string of the molecule is CN1CCC2(CC1)CC(O)C1=C2CCC=C1. The lowest BCUT2D eigenvalue weighted by Gasteiger charge is -2.40. The Hall–Kier alpha value is -0.600. The summed E-state index contributed by atoms with van der Waals surface area (Å²) in [4.78, 5) is 2.41. The Labute approximate surface area is 97.6 Å². The molecule has 1 N–H and O–H groups in total. The van der Waals surface area contributed by atoms with Gasteiger partial charge in [-0.2, -0.15) is 0 Å². The number of piperidine rings is 1. The molecule has 1 atom stereocenters. The number of aliphatic hydroxyl groups is 1. The van der Waals surface area contributed by atoms with Crippen LogP contribution in [-0.4, -0.2) is 36.2 Å². The molecular weight excluding hydrogens is 198 g/mol. The van der Waals surface area contributed by atoms with Crippen molar-refractivity contribution in [3.05, 3.63) is 23.3 Å². The van der Waals surface area contributed by atoms with Crippen molar-refractivity contribution in [2.24, 2.45) is 5.41 Å². The fraction of sp³-hybridized carbons (Fsp3) is 0.714. The topological polar surface area (TPSA) is 23.5 Å². The number of allylic oxidation sites excluding steroid dienone is 2. The fourth-order valence-electron chi connectivity index (χ4n) is 3.72. The molecule has 1 unspecified atom stereocenters. The van der Waals surface area contributed by atoms with E-state index >= 15 is 0 Å². The summed E-state index contributed by atoms with van der Waals surface area (Å²) >= 11 is 0. The Morgan fingerprint density at radius 1 is 1.38 bits per heavy atom. The van der Waals surface area contributed by atoms with Crippen LogP contribution in [0.2, 0.25) is 0 Å². The lowest BCUT2D eigenvalue weighted by Crippen LogP contribution is -2.38. The Balaban J connectivity index is 1.92. The molecule has 1 aliphatic heterocycles. The van der Waals surface area contributed by atoms with Crippen molar-refractivity contribution in [3.8, 4) is 0 Å². The summed E-state index contributed by atoms with van der Waals surface area (Å²) in [7, 11) is 2.20. The normalized spacial score (nSPS) is 33.5. The zero-order chi connectivity index (χ0) is 11.2. The largest absolute Gasteiger partial charge is 0.388 e. The lowest BCUT2D eigenvalue weighted by atomic mass is 9.71. The number of hydrogen-bond donors (Lipinski definition) is 1. The van der Waals surface area contributed by atoms with Gasteiger partial charge in [0.05, 0.1) is 6.10 Å². The van der Waals surface area contributed by atoms with Crippen LogP contribution >= 0.6 is 0 Å². The molecule has 1 heterocycles. The molecule has 1 fully saturated rings. The average Bonchev–Trinajstić information content (AvgIpc) is 2.58. The summed E-state index contributed by atoms with van der Waals surface area (Å²) in [5.74, 6) is 0. The first kappa shape index (κ1) is 10.5. The molecule has 0 aromatic rings. The highest BCUT2D eigenvalue weighted by Crippen LogP contribution is 2.52. The highest BCUT2D eigenvalue weighted by atomic mass is 16.3. The number of nitrogens with zero attached hydrogens (tertiary/aromatic N) is 1. The molecule has 3 rings (SSSR count). The van der Waals surface area contributed by atoms with Gasteiger partial charge in [-0.3, -0.25) is 0 Å². The Morgan fingerprint density at radius 3 is 2.88 bits per heavy atom.